The third-order valence-electron chi connectivity index (χ3n) is 1.68. The Labute approximate surface area is 89.8 Å². The molecule has 0 amide bonds. The predicted molar refractivity (Wildman–Crippen MR) is 62.6 cm³/mol. The van der Waals surface area contributed by atoms with E-state index < -0.39 is 0 Å². The van der Waals surface area contributed by atoms with Gasteiger partial charge in [-0.3, -0.25) is 0 Å². The molecule has 0 aliphatic carbocycles. The smallest absolute Gasteiger partial charge is 0.0959 e. The SMILES string of the molecule is CC(C)(CS)CSc1ccccn1. The van der Waals surface area contributed by atoms with Gasteiger partial charge in [0.1, 0.15) is 0 Å². The lowest BCUT2D eigenvalue weighted by Crippen LogP contribution is -2.16. The summed E-state index contributed by atoms with van der Waals surface area (Å²) >= 11 is 6.11. The van der Waals surface area contributed by atoms with Crippen molar-refractivity contribution < 1.29 is 0 Å². The molecule has 0 aliphatic rings. The lowest BCUT2D eigenvalue weighted by atomic mass is 10.0. The molecule has 0 fully saturated rings. The Morgan fingerprint density at radius 2 is 2.23 bits per heavy atom. The minimum atomic E-state index is 0.283. The van der Waals surface area contributed by atoms with Crippen molar-refractivity contribution in [3.63, 3.8) is 0 Å². The zero-order valence-corrected chi connectivity index (χ0v) is 9.74. The van der Waals surface area contributed by atoms with E-state index in [-0.39, 0.29) is 5.41 Å². The first-order valence-corrected chi connectivity index (χ1v) is 5.90. The molecule has 0 N–H and O–H groups in total. The van der Waals surface area contributed by atoms with Crippen LogP contribution in [-0.4, -0.2) is 16.5 Å². The summed E-state index contributed by atoms with van der Waals surface area (Å²) in [5.74, 6) is 1.97. The molecule has 0 bridgehead atoms. The Morgan fingerprint density at radius 1 is 1.46 bits per heavy atom. The monoisotopic (exact) mass is 213 g/mol. The largest absolute Gasteiger partial charge is 0.250 e. The number of pyridine rings is 1. The summed E-state index contributed by atoms with van der Waals surface area (Å²) in [4.78, 5) is 4.25. The minimum Gasteiger partial charge on any atom is -0.250 e. The van der Waals surface area contributed by atoms with Crippen molar-refractivity contribution in [3.05, 3.63) is 24.4 Å². The van der Waals surface area contributed by atoms with Gasteiger partial charge in [-0.25, -0.2) is 4.98 Å². The molecule has 0 saturated heterocycles. The van der Waals surface area contributed by atoms with Crippen LogP contribution in [0.4, 0.5) is 0 Å². The quantitative estimate of drug-likeness (QED) is 0.609. The van der Waals surface area contributed by atoms with Crippen molar-refractivity contribution >= 4 is 24.4 Å². The Morgan fingerprint density at radius 3 is 2.77 bits per heavy atom. The molecule has 0 spiro atoms. The average Bonchev–Trinajstić information content (AvgIpc) is 2.17. The molecule has 13 heavy (non-hydrogen) atoms. The summed E-state index contributed by atoms with van der Waals surface area (Å²) in [7, 11) is 0. The maximum atomic E-state index is 4.31. The van der Waals surface area contributed by atoms with Crippen LogP contribution in [0.5, 0.6) is 0 Å². The van der Waals surface area contributed by atoms with E-state index in [1.165, 1.54) is 0 Å². The minimum absolute atomic E-state index is 0.283. The Kier molecular flexibility index (Phi) is 4.13. The second-order valence-electron chi connectivity index (χ2n) is 3.78. The first kappa shape index (κ1) is 10.9. The van der Waals surface area contributed by atoms with Gasteiger partial charge in [-0.2, -0.15) is 12.6 Å². The van der Waals surface area contributed by atoms with Crippen molar-refractivity contribution in [1.82, 2.24) is 4.98 Å². The van der Waals surface area contributed by atoms with E-state index in [0.29, 0.717) is 0 Å². The van der Waals surface area contributed by atoms with E-state index in [4.69, 9.17) is 0 Å². The number of nitrogens with zero attached hydrogens (tertiary/aromatic N) is 1. The van der Waals surface area contributed by atoms with Gasteiger partial charge in [0.05, 0.1) is 5.03 Å². The fourth-order valence-corrected chi connectivity index (χ4v) is 1.96. The van der Waals surface area contributed by atoms with Gasteiger partial charge in [-0.1, -0.05) is 19.9 Å². The van der Waals surface area contributed by atoms with Crippen LogP contribution in [0.3, 0.4) is 0 Å². The van der Waals surface area contributed by atoms with Crippen molar-refractivity contribution in [2.45, 2.75) is 18.9 Å². The van der Waals surface area contributed by atoms with Gasteiger partial charge < -0.3 is 0 Å². The van der Waals surface area contributed by atoms with Crippen molar-refractivity contribution in [2.75, 3.05) is 11.5 Å². The highest BCUT2D eigenvalue weighted by atomic mass is 32.2. The van der Waals surface area contributed by atoms with E-state index >= 15 is 0 Å². The van der Waals surface area contributed by atoms with Crippen molar-refractivity contribution in [1.29, 1.82) is 0 Å². The molecular formula is C10H15NS2. The fraction of sp³-hybridized carbons (Fsp3) is 0.500. The van der Waals surface area contributed by atoms with Crippen LogP contribution in [0.1, 0.15) is 13.8 Å². The van der Waals surface area contributed by atoms with Crippen molar-refractivity contribution in [3.8, 4) is 0 Å². The van der Waals surface area contributed by atoms with E-state index in [2.05, 4.69) is 31.5 Å². The molecule has 1 heterocycles. The van der Waals surface area contributed by atoms with Crippen molar-refractivity contribution in [2.24, 2.45) is 5.41 Å². The molecule has 0 aliphatic heterocycles. The molecular weight excluding hydrogens is 198 g/mol. The molecule has 0 aromatic carbocycles. The second-order valence-corrected chi connectivity index (χ2v) is 5.09. The Hall–Kier alpha value is -0.150. The van der Waals surface area contributed by atoms with E-state index in [1.54, 1.807) is 11.8 Å². The van der Waals surface area contributed by atoms with Crippen LogP contribution in [0.25, 0.3) is 0 Å². The highest BCUT2D eigenvalue weighted by Crippen LogP contribution is 2.26. The normalized spacial score (nSPS) is 11.6. The maximum absolute atomic E-state index is 4.31. The zero-order chi connectivity index (χ0) is 9.73. The third-order valence-corrected chi connectivity index (χ3v) is 4.00. The van der Waals surface area contributed by atoms with Crippen LogP contribution in [0, 0.1) is 5.41 Å². The van der Waals surface area contributed by atoms with Gasteiger partial charge in [0.2, 0.25) is 0 Å². The molecule has 1 nitrogen and oxygen atoms in total. The molecule has 0 saturated carbocycles. The van der Waals surface area contributed by atoms with Gasteiger partial charge in [0.25, 0.3) is 0 Å². The predicted octanol–water partition coefficient (Wildman–Crippen LogP) is 3.13. The molecule has 0 radical (unpaired) electrons. The molecule has 0 atom stereocenters. The lowest BCUT2D eigenvalue weighted by Gasteiger charge is -2.20. The second kappa shape index (κ2) is 4.91. The summed E-state index contributed by atoms with van der Waals surface area (Å²) < 4.78 is 0. The highest BCUT2D eigenvalue weighted by molar-refractivity contribution is 7.99. The fourth-order valence-electron chi connectivity index (χ4n) is 0.747. The standard InChI is InChI=1S/C10H15NS2/c1-10(2,7-12)8-13-9-5-3-4-6-11-9/h3-6,12H,7-8H2,1-2H3. The summed E-state index contributed by atoms with van der Waals surface area (Å²) in [6.07, 6.45) is 1.83. The van der Waals surface area contributed by atoms with Crippen LogP contribution >= 0.6 is 24.4 Å². The number of thioether (sulfide) groups is 1. The molecule has 1 aromatic heterocycles. The maximum Gasteiger partial charge on any atom is 0.0959 e. The summed E-state index contributed by atoms with van der Waals surface area (Å²) in [6, 6.07) is 6.00. The lowest BCUT2D eigenvalue weighted by molar-refractivity contribution is 0.493. The van der Waals surface area contributed by atoms with Gasteiger partial charge in [-0.05, 0) is 23.3 Å². The molecule has 0 unspecified atom stereocenters. The highest BCUT2D eigenvalue weighted by Gasteiger charge is 2.15. The summed E-state index contributed by atoms with van der Waals surface area (Å²) in [5.41, 5.74) is 0.283. The molecule has 3 heteroatoms. The molecule has 72 valence electrons. The van der Waals surface area contributed by atoms with E-state index in [9.17, 15) is 0 Å². The Balaban J connectivity index is 2.44. The average molecular weight is 213 g/mol. The van der Waals surface area contributed by atoms with Gasteiger partial charge in [-0.15, -0.1) is 11.8 Å². The van der Waals surface area contributed by atoms with Gasteiger partial charge in [0.15, 0.2) is 0 Å². The van der Waals surface area contributed by atoms with Crippen LogP contribution in [-0.2, 0) is 0 Å². The van der Waals surface area contributed by atoms with Crippen LogP contribution in [0.2, 0.25) is 0 Å². The molecule has 1 rings (SSSR count). The number of hydrogen-bond donors (Lipinski definition) is 1. The summed E-state index contributed by atoms with van der Waals surface area (Å²) in [5, 5.41) is 1.09. The molecule has 1 aromatic rings. The topological polar surface area (TPSA) is 12.9 Å². The van der Waals surface area contributed by atoms with Gasteiger partial charge >= 0.3 is 0 Å². The number of aromatic nitrogens is 1. The number of rotatable bonds is 4. The third kappa shape index (κ3) is 4.05. The van der Waals surface area contributed by atoms with E-state index in [0.717, 1.165) is 16.5 Å². The first-order valence-electron chi connectivity index (χ1n) is 4.29. The van der Waals surface area contributed by atoms with Gasteiger partial charge in [0, 0.05) is 11.9 Å². The van der Waals surface area contributed by atoms with Crippen LogP contribution < -0.4 is 0 Å². The first-order chi connectivity index (χ1) is 6.14. The summed E-state index contributed by atoms with van der Waals surface area (Å²) in [6.45, 7) is 4.44. The number of thiol groups is 1. The number of hydrogen-bond acceptors (Lipinski definition) is 3. The Bertz CT molecular complexity index is 246. The van der Waals surface area contributed by atoms with Crippen LogP contribution in [0.15, 0.2) is 29.4 Å². The zero-order valence-electron chi connectivity index (χ0n) is 8.03. The van der Waals surface area contributed by atoms with E-state index in [1.807, 2.05) is 24.4 Å².